The number of hydrogen-bond donors (Lipinski definition) is 1. The highest BCUT2D eigenvalue weighted by molar-refractivity contribution is 7.12. The van der Waals surface area contributed by atoms with E-state index >= 15 is 0 Å². The van der Waals surface area contributed by atoms with Gasteiger partial charge in [0.1, 0.15) is 0 Å². The summed E-state index contributed by atoms with van der Waals surface area (Å²) in [4.78, 5) is 17.8. The van der Waals surface area contributed by atoms with E-state index in [-0.39, 0.29) is 18.6 Å². The van der Waals surface area contributed by atoms with Gasteiger partial charge in [-0.25, -0.2) is 5.01 Å². The first-order chi connectivity index (χ1) is 13.8. The Bertz CT molecular complexity index is 783. The number of hydrogen-bond acceptors (Lipinski definition) is 6. The van der Waals surface area contributed by atoms with Crippen LogP contribution in [0.4, 0.5) is 0 Å². The van der Waals surface area contributed by atoms with Gasteiger partial charge in [0, 0.05) is 23.9 Å². The van der Waals surface area contributed by atoms with Crippen molar-refractivity contribution < 1.29 is 9.90 Å². The molecule has 1 N–H and O–H groups in total. The first-order valence-electron chi connectivity index (χ1n) is 10.1. The molecule has 1 amide bonds. The van der Waals surface area contributed by atoms with E-state index in [9.17, 15) is 9.90 Å². The van der Waals surface area contributed by atoms with Gasteiger partial charge >= 0.3 is 0 Å². The maximum absolute atomic E-state index is 13.3. The van der Waals surface area contributed by atoms with Crippen LogP contribution in [0.25, 0.3) is 0 Å². The average molecular weight is 418 g/mol. The molecule has 1 unspecified atom stereocenters. The van der Waals surface area contributed by atoms with Crippen LogP contribution in [0.5, 0.6) is 0 Å². The average Bonchev–Trinajstić information content (AvgIpc) is 3.49. The number of thiophene rings is 2. The molecule has 0 aromatic carbocycles. The highest BCUT2D eigenvalue weighted by atomic mass is 32.1. The van der Waals surface area contributed by atoms with E-state index in [2.05, 4.69) is 27.8 Å². The summed E-state index contributed by atoms with van der Waals surface area (Å²) in [6.07, 6.45) is 6.69. The lowest BCUT2D eigenvalue weighted by molar-refractivity contribution is -0.135. The predicted octanol–water partition coefficient (Wildman–Crippen LogP) is 4.11. The van der Waals surface area contributed by atoms with Crippen LogP contribution in [-0.2, 0) is 4.79 Å². The topological polar surface area (TPSA) is 56.1 Å². The molecule has 7 heteroatoms. The van der Waals surface area contributed by atoms with Gasteiger partial charge in [-0.05, 0) is 35.7 Å². The summed E-state index contributed by atoms with van der Waals surface area (Å²) in [5.74, 6) is 0.0315. The third kappa shape index (κ3) is 4.38. The molecule has 0 saturated heterocycles. The summed E-state index contributed by atoms with van der Waals surface area (Å²) in [5, 5.41) is 20.1. The summed E-state index contributed by atoms with van der Waals surface area (Å²) in [7, 11) is 0. The number of carbonyl (C=O) groups excluding carboxylic acids is 1. The minimum absolute atomic E-state index is 0.0214. The molecule has 0 spiro atoms. The minimum Gasteiger partial charge on any atom is -0.395 e. The maximum atomic E-state index is 13.3. The highest BCUT2D eigenvalue weighted by Crippen LogP contribution is 2.36. The van der Waals surface area contributed by atoms with Gasteiger partial charge in [0.25, 0.3) is 5.91 Å². The molecule has 1 aliphatic heterocycles. The lowest BCUT2D eigenvalue weighted by atomic mass is 9.94. The Morgan fingerprint density at radius 2 is 1.96 bits per heavy atom. The standard InChI is InChI=1S/C21H27N3O2S2/c25-11-10-23(16-6-2-1-3-7-16)15-21(26)24-18(20-9-5-13-28-20)14-17(22-24)19-8-4-12-27-19/h4-5,8-9,12-13,16,18,25H,1-3,6-7,10-11,14-15H2. The molecule has 28 heavy (non-hydrogen) atoms. The molecule has 2 aliphatic rings. The van der Waals surface area contributed by atoms with Crippen molar-refractivity contribution in [1.82, 2.24) is 9.91 Å². The third-order valence-corrected chi connectivity index (χ3v) is 7.55. The van der Waals surface area contributed by atoms with Crippen molar-refractivity contribution in [2.75, 3.05) is 19.7 Å². The van der Waals surface area contributed by atoms with E-state index in [0.717, 1.165) is 29.9 Å². The fourth-order valence-electron chi connectivity index (χ4n) is 4.25. The van der Waals surface area contributed by atoms with Crippen LogP contribution >= 0.6 is 22.7 Å². The Morgan fingerprint density at radius 1 is 1.18 bits per heavy atom. The Labute approximate surface area is 174 Å². The highest BCUT2D eigenvalue weighted by Gasteiger charge is 2.35. The zero-order valence-corrected chi connectivity index (χ0v) is 17.6. The van der Waals surface area contributed by atoms with Crippen molar-refractivity contribution >= 4 is 34.3 Å². The van der Waals surface area contributed by atoms with E-state index in [0.29, 0.717) is 19.1 Å². The predicted molar refractivity (Wildman–Crippen MR) is 115 cm³/mol. The minimum atomic E-state index is -0.0214. The van der Waals surface area contributed by atoms with Crippen molar-refractivity contribution in [2.24, 2.45) is 5.10 Å². The van der Waals surface area contributed by atoms with Gasteiger partial charge < -0.3 is 5.11 Å². The van der Waals surface area contributed by atoms with Crippen LogP contribution in [0.3, 0.4) is 0 Å². The largest absolute Gasteiger partial charge is 0.395 e. The molecule has 150 valence electrons. The third-order valence-electron chi connectivity index (χ3n) is 5.66. The Balaban J connectivity index is 1.53. The SMILES string of the molecule is O=C(CN(CCO)C1CCCCC1)N1N=C(c2cccs2)CC1c1cccs1. The first kappa shape index (κ1) is 19.8. The smallest absolute Gasteiger partial charge is 0.257 e. The van der Waals surface area contributed by atoms with Crippen LogP contribution in [0.2, 0.25) is 0 Å². The molecule has 4 rings (SSSR count). The quantitative estimate of drug-likeness (QED) is 0.737. The summed E-state index contributed by atoms with van der Waals surface area (Å²) >= 11 is 3.35. The van der Waals surface area contributed by atoms with Crippen LogP contribution in [0.15, 0.2) is 40.1 Å². The van der Waals surface area contributed by atoms with Gasteiger partial charge in [-0.2, -0.15) is 5.10 Å². The van der Waals surface area contributed by atoms with Gasteiger partial charge in [0.15, 0.2) is 0 Å². The normalized spacial score (nSPS) is 20.7. The Hall–Kier alpha value is -1.54. The van der Waals surface area contributed by atoms with E-state index in [1.807, 2.05) is 12.1 Å². The molecular weight excluding hydrogens is 390 g/mol. The first-order valence-corrected chi connectivity index (χ1v) is 11.8. The second-order valence-electron chi connectivity index (χ2n) is 7.48. The van der Waals surface area contributed by atoms with Crippen LogP contribution in [0.1, 0.15) is 54.3 Å². The molecular formula is C21H27N3O2S2. The summed E-state index contributed by atoms with van der Waals surface area (Å²) in [6, 6.07) is 8.60. The van der Waals surface area contributed by atoms with Crippen molar-refractivity contribution in [2.45, 2.75) is 50.6 Å². The molecule has 3 heterocycles. The lowest BCUT2D eigenvalue weighted by Gasteiger charge is -2.34. The summed E-state index contributed by atoms with van der Waals surface area (Å²) in [5.41, 5.74) is 0.994. The number of hydrazone groups is 1. The fourth-order valence-corrected chi connectivity index (χ4v) is 5.78. The molecule has 1 atom stereocenters. The molecule has 1 saturated carbocycles. The lowest BCUT2D eigenvalue weighted by Crippen LogP contribution is -2.45. The van der Waals surface area contributed by atoms with Gasteiger partial charge in [-0.1, -0.05) is 31.4 Å². The number of carbonyl (C=O) groups is 1. The summed E-state index contributed by atoms with van der Waals surface area (Å²) in [6.45, 7) is 0.964. The molecule has 1 fully saturated rings. The second-order valence-corrected chi connectivity index (χ2v) is 9.41. The molecule has 5 nitrogen and oxygen atoms in total. The number of amides is 1. The van der Waals surface area contributed by atoms with Crippen LogP contribution < -0.4 is 0 Å². The monoisotopic (exact) mass is 417 g/mol. The van der Waals surface area contributed by atoms with Gasteiger partial charge in [-0.3, -0.25) is 9.69 Å². The van der Waals surface area contributed by atoms with Crippen molar-refractivity contribution in [1.29, 1.82) is 0 Å². The van der Waals surface area contributed by atoms with Gasteiger partial charge in [0.2, 0.25) is 0 Å². The van der Waals surface area contributed by atoms with Crippen molar-refractivity contribution in [3.8, 4) is 0 Å². The molecule has 0 radical (unpaired) electrons. The van der Waals surface area contributed by atoms with E-state index in [1.54, 1.807) is 27.7 Å². The zero-order valence-electron chi connectivity index (χ0n) is 16.0. The summed E-state index contributed by atoms with van der Waals surface area (Å²) < 4.78 is 0. The molecule has 2 aromatic rings. The van der Waals surface area contributed by atoms with E-state index in [4.69, 9.17) is 5.10 Å². The fraction of sp³-hybridized carbons (Fsp3) is 0.524. The van der Waals surface area contributed by atoms with Gasteiger partial charge in [0.05, 0.1) is 29.8 Å². The van der Waals surface area contributed by atoms with Gasteiger partial charge in [-0.15, -0.1) is 22.7 Å². The Kier molecular flexibility index (Phi) is 6.57. The maximum Gasteiger partial charge on any atom is 0.257 e. The number of nitrogens with zero attached hydrogens (tertiary/aromatic N) is 3. The van der Waals surface area contributed by atoms with Crippen LogP contribution in [0, 0.1) is 0 Å². The second kappa shape index (κ2) is 9.31. The van der Waals surface area contributed by atoms with Crippen molar-refractivity contribution in [3.63, 3.8) is 0 Å². The number of aliphatic hydroxyl groups excluding tert-OH is 1. The number of aliphatic hydroxyl groups is 1. The van der Waals surface area contributed by atoms with E-state index < -0.39 is 0 Å². The Morgan fingerprint density at radius 3 is 2.64 bits per heavy atom. The number of rotatable bonds is 7. The molecule has 1 aliphatic carbocycles. The zero-order chi connectivity index (χ0) is 19.3. The molecule has 2 aromatic heterocycles. The molecule has 0 bridgehead atoms. The van der Waals surface area contributed by atoms with Crippen molar-refractivity contribution in [3.05, 3.63) is 44.8 Å². The van der Waals surface area contributed by atoms with E-state index in [1.165, 1.54) is 24.1 Å². The van der Waals surface area contributed by atoms with Crippen LogP contribution in [-0.4, -0.2) is 52.4 Å².